The van der Waals surface area contributed by atoms with Gasteiger partial charge in [0.25, 0.3) is 0 Å². The normalized spacial score (nSPS) is 11.2. The molecular weight excluding hydrogens is 212 g/mol. The van der Waals surface area contributed by atoms with Crippen LogP contribution in [-0.2, 0) is 4.74 Å². The first kappa shape index (κ1) is 14.6. The Balaban J connectivity index is 0.000000293. The van der Waals surface area contributed by atoms with Gasteiger partial charge in [0.2, 0.25) is 0 Å². The third-order valence-corrected chi connectivity index (χ3v) is 1.54. The van der Waals surface area contributed by atoms with E-state index in [0.29, 0.717) is 12.2 Å². The van der Waals surface area contributed by atoms with Crippen molar-refractivity contribution in [3.63, 3.8) is 0 Å². The maximum absolute atomic E-state index is 10.2. The Bertz CT molecular complexity index is 286. The van der Waals surface area contributed by atoms with Crippen LogP contribution in [0.5, 0.6) is 0 Å². The molecule has 0 aliphatic carbocycles. The second-order valence-electron chi connectivity index (χ2n) is 2.76. The van der Waals surface area contributed by atoms with E-state index in [-0.39, 0.29) is 6.61 Å². The average Bonchev–Trinajstić information content (AvgIpc) is 2.31. The number of carbonyl (C=O) groups is 1. The van der Waals surface area contributed by atoms with E-state index in [2.05, 4.69) is 4.74 Å². The van der Waals surface area contributed by atoms with Gasteiger partial charge in [0.15, 0.2) is 6.29 Å². The summed E-state index contributed by atoms with van der Waals surface area (Å²) in [5.41, 5.74) is 0.331. The van der Waals surface area contributed by atoms with E-state index in [1.54, 1.807) is 37.3 Å². The zero-order chi connectivity index (χ0) is 12.4. The first-order valence-corrected chi connectivity index (χ1v) is 4.80. The molecule has 90 valence electrons. The number of aliphatic hydroxyl groups excluding tert-OH is 2. The van der Waals surface area contributed by atoms with E-state index in [1.165, 1.54) is 0 Å². The minimum Gasteiger partial charge on any atom is -0.478 e. The van der Waals surface area contributed by atoms with Crippen molar-refractivity contribution in [3.05, 3.63) is 35.9 Å². The van der Waals surface area contributed by atoms with Gasteiger partial charge in [-0.05, 0) is 19.1 Å². The number of benzene rings is 1. The molecule has 0 fully saturated rings. The van der Waals surface area contributed by atoms with Crippen LogP contribution >= 0.6 is 0 Å². The molecule has 1 rings (SSSR count). The second kappa shape index (κ2) is 8.84. The summed E-state index contributed by atoms with van der Waals surface area (Å²) in [4.78, 5) is 10.2. The van der Waals surface area contributed by atoms with Crippen LogP contribution in [0.25, 0.3) is 0 Å². The van der Waals surface area contributed by atoms with Crippen LogP contribution in [0.4, 0.5) is 0 Å². The van der Waals surface area contributed by atoms with Gasteiger partial charge in [-0.25, -0.2) is 4.79 Å². The fourth-order valence-electron chi connectivity index (χ4n) is 0.826. The molecular formula is C11H16O5. The molecule has 0 radical (unpaired) electrons. The monoisotopic (exact) mass is 228 g/mol. The van der Waals surface area contributed by atoms with Crippen LogP contribution in [0, 0.1) is 0 Å². The molecule has 0 aromatic heterocycles. The Labute approximate surface area is 93.9 Å². The van der Waals surface area contributed by atoms with Gasteiger partial charge >= 0.3 is 5.97 Å². The molecule has 0 aliphatic heterocycles. The van der Waals surface area contributed by atoms with Crippen LogP contribution in [0.2, 0.25) is 0 Å². The molecule has 3 N–H and O–H groups in total. The van der Waals surface area contributed by atoms with Gasteiger partial charge in [-0.15, -0.1) is 0 Å². The highest BCUT2D eigenvalue weighted by atomic mass is 16.6. The molecule has 0 saturated heterocycles. The van der Waals surface area contributed by atoms with Gasteiger partial charge in [0, 0.05) is 6.61 Å². The van der Waals surface area contributed by atoms with E-state index in [9.17, 15) is 4.79 Å². The number of hydrogen-bond acceptors (Lipinski definition) is 4. The molecule has 1 unspecified atom stereocenters. The minimum absolute atomic E-state index is 0.326. The topological polar surface area (TPSA) is 87.0 Å². The Hall–Kier alpha value is -1.43. The summed E-state index contributed by atoms with van der Waals surface area (Å²) in [5.74, 6) is -0.879. The molecule has 0 heterocycles. The van der Waals surface area contributed by atoms with E-state index < -0.39 is 12.3 Å². The highest BCUT2D eigenvalue weighted by molar-refractivity contribution is 5.87. The summed E-state index contributed by atoms with van der Waals surface area (Å²) in [5, 5.41) is 24.9. The van der Waals surface area contributed by atoms with Crippen molar-refractivity contribution in [3.8, 4) is 0 Å². The number of aromatic carboxylic acids is 1. The lowest BCUT2D eigenvalue weighted by molar-refractivity contribution is -0.120. The SMILES string of the molecule is CCOC(O)CO.O=C(O)c1ccccc1. The van der Waals surface area contributed by atoms with Gasteiger partial charge in [-0.2, -0.15) is 0 Å². The summed E-state index contributed by atoms with van der Waals surface area (Å²) in [6.07, 6.45) is -0.995. The third-order valence-electron chi connectivity index (χ3n) is 1.54. The first-order chi connectivity index (χ1) is 7.61. The molecule has 1 aromatic rings. The van der Waals surface area contributed by atoms with Crippen LogP contribution in [-0.4, -0.2) is 40.8 Å². The standard InChI is InChI=1S/C7H6O2.C4H10O3/c8-7(9)6-4-2-1-3-5-6;1-2-7-4(6)3-5/h1-5H,(H,8,9);4-6H,2-3H2,1H3. The summed E-state index contributed by atoms with van der Waals surface area (Å²) < 4.78 is 4.50. The Morgan fingerprint density at radius 1 is 1.38 bits per heavy atom. The highest BCUT2D eigenvalue weighted by Gasteiger charge is 1.96. The summed E-state index contributed by atoms with van der Waals surface area (Å²) >= 11 is 0. The van der Waals surface area contributed by atoms with Crippen molar-refractivity contribution >= 4 is 5.97 Å². The summed E-state index contributed by atoms with van der Waals surface area (Å²) in [7, 11) is 0. The van der Waals surface area contributed by atoms with E-state index in [1.807, 2.05) is 0 Å². The van der Waals surface area contributed by atoms with Crippen molar-refractivity contribution < 1.29 is 24.9 Å². The number of rotatable bonds is 4. The van der Waals surface area contributed by atoms with Gasteiger partial charge in [0.1, 0.15) is 0 Å². The third kappa shape index (κ3) is 6.94. The second-order valence-corrected chi connectivity index (χ2v) is 2.76. The van der Waals surface area contributed by atoms with Gasteiger partial charge in [-0.1, -0.05) is 18.2 Å². The maximum atomic E-state index is 10.2. The van der Waals surface area contributed by atoms with Crippen LogP contribution in [0.1, 0.15) is 17.3 Å². The maximum Gasteiger partial charge on any atom is 0.335 e. The molecule has 0 bridgehead atoms. The van der Waals surface area contributed by atoms with E-state index in [4.69, 9.17) is 15.3 Å². The predicted molar refractivity (Wildman–Crippen MR) is 58.1 cm³/mol. The van der Waals surface area contributed by atoms with Crippen LogP contribution in [0.15, 0.2) is 30.3 Å². The van der Waals surface area contributed by atoms with Crippen LogP contribution in [0.3, 0.4) is 0 Å². The molecule has 1 aromatic carbocycles. The van der Waals surface area contributed by atoms with Crippen molar-refractivity contribution in [2.24, 2.45) is 0 Å². The van der Waals surface area contributed by atoms with E-state index in [0.717, 1.165) is 0 Å². The van der Waals surface area contributed by atoms with Gasteiger partial charge in [0.05, 0.1) is 12.2 Å². The number of aliphatic hydroxyl groups is 2. The van der Waals surface area contributed by atoms with Gasteiger partial charge in [-0.3, -0.25) is 0 Å². The fourth-order valence-corrected chi connectivity index (χ4v) is 0.826. The average molecular weight is 228 g/mol. The summed E-state index contributed by atoms with van der Waals surface area (Å²) in [6, 6.07) is 8.30. The zero-order valence-corrected chi connectivity index (χ0v) is 9.04. The quantitative estimate of drug-likeness (QED) is 0.661. The predicted octanol–water partition coefficient (Wildman–Crippen LogP) is 0.718. The lowest BCUT2D eigenvalue weighted by atomic mass is 10.2. The molecule has 1 atom stereocenters. The molecule has 0 spiro atoms. The first-order valence-electron chi connectivity index (χ1n) is 4.80. The zero-order valence-electron chi connectivity index (χ0n) is 9.04. The molecule has 0 aliphatic rings. The Morgan fingerprint density at radius 2 is 1.94 bits per heavy atom. The number of carboxylic acids is 1. The Kier molecular flexibility index (Phi) is 8.05. The molecule has 0 saturated carbocycles. The Morgan fingerprint density at radius 3 is 2.19 bits per heavy atom. The van der Waals surface area contributed by atoms with Crippen molar-refractivity contribution in [1.82, 2.24) is 0 Å². The lowest BCUT2D eigenvalue weighted by Gasteiger charge is -2.03. The van der Waals surface area contributed by atoms with E-state index >= 15 is 0 Å². The number of ether oxygens (including phenoxy) is 1. The summed E-state index contributed by atoms with van der Waals surface area (Å²) in [6.45, 7) is 1.86. The van der Waals surface area contributed by atoms with Crippen LogP contribution < -0.4 is 0 Å². The molecule has 5 heteroatoms. The molecule has 5 nitrogen and oxygen atoms in total. The van der Waals surface area contributed by atoms with Crippen molar-refractivity contribution in [2.45, 2.75) is 13.2 Å². The largest absolute Gasteiger partial charge is 0.478 e. The van der Waals surface area contributed by atoms with Crippen molar-refractivity contribution in [2.75, 3.05) is 13.2 Å². The number of carboxylic acid groups (broad SMARTS) is 1. The lowest BCUT2D eigenvalue weighted by Crippen LogP contribution is -2.15. The number of hydrogen-bond donors (Lipinski definition) is 3. The minimum atomic E-state index is -0.995. The molecule has 16 heavy (non-hydrogen) atoms. The highest BCUT2D eigenvalue weighted by Crippen LogP contribution is 1.96. The fraction of sp³-hybridized carbons (Fsp3) is 0.364. The molecule has 0 amide bonds. The smallest absolute Gasteiger partial charge is 0.335 e. The van der Waals surface area contributed by atoms with Gasteiger partial charge < -0.3 is 20.1 Å². The van der Waals surface area contributed by atoms with Crippen molar-refractivity contribution in [1.29, 1.82) is 0 Å².